The molecule has 1 aliphatic heterocycles. The van der Waals surface area contributed by atoms with E-state index in [0.29, 0.717) is 22.0 Å². The largest absolute Gasteiger partial charge is 0.289 e. The lowest BCUT2D eigenvalue weighted by Gasteiger charge is -2.16. The number of amidine groups is 1. The molecule has 0 amide bonds. The van der Waals surface area contributed by atoms with Gasteiger partial charge in [-0.05, 0) is 67.1 Å². The average molecular weight is 448 g/mol. The number of nitrogens with zero attached hydrogens (tertiary/aromatic N) is 3. The van der Waals surface area contributed by atoms with Gasteiger partial charge in [-0.15, -0.1) is 0 Å². The highest BCUT2D eigenvalue weighted by Gasteiger charge is 2.22. The van der Waals surface area contributed by atoms with Gasteiger partial charge in [0.25, 0.3) is 0 Å². The molecular formula is C25H19Cl2N3O. The van der Waals surface area contributed by atoms with E-state index in [1.54, 1.807) is 41.4 Å². The van der Waals surface area contributed by atoms with Crippen molar-refractivity contribution < 1.29 is 4.79 Å². The van der Waals surface area contributed by atoms with E-state index in [1.165, 1.54) is 0 Å². The first-order valence-electron chi connectivity index (χ1n) is 9.74. The van der Waals surface area contributed by atoms with E-state index >= 15 is 0 Å². The molecule has 3 aromatic carbocycles. The van der Waals surface area contributed by atoms with Gasteiger partial charge in [0, 0.05) is 22.7 Å². The molecule has 0 saturated heterocycles. The van der Waals surface area contributed by atoms with Crippen LogP contribution in [-0.2, 0) is 0 Å². The number of benzene rings is 3. The third-order valence-electron chi connectivity index (χ3n) is 4.72. The number of ketones is 1. The van der Waals surface area contributed by atoms with Gasteiger partial charge in [0.05, 0.1) is 16.4 Å². The van der Waals surface area contributed by atoms with Crippen molar-refractivity contribution in [1.82, 2.24) is 0 Å². The van der Waals surface area contributed by atoms with E-state index < -0.39 is 0 Å². The van der Waals surface area contributed by atoms with E-state index in [-0.39, 0.29) is 5.78 Å². The highest BCUT2D eigenvalue weighted by Crippen LogP contribution is 2.30. The number of carbonyl (C=O) groups is 1. The smallest absolute Gasteiger partial charge is 0.185 e. The summed E-state index contributed by atoms with van der Waals surface area (Å²) in [7, 11) is 0. The molecule has 6 heteroatoms. The molecule has 0 spiro atoms. The second-order valence-corrected chi connectivity index (χ2v) is 7.94. The van der Waals surface area contributed by atoms with Gasteiger partial charge in [0.15, 0.2) is 5.78 Å². The number of hydrazone groups is 1. The van der Waals surface area contributed by atoms with E-state index in [0.717, 1.165) is 28.5 Å². The highest BCUT2D eigenvalue weighted by molar-refractivity contribution is 6.34. The Labute approximate surface area is 191 Å². The van der Waals surface area contributed by atoms with Crippen molar-refractivity contribution in [2.45, 2.75) is 13.3 Å². The zero-order valence-electron chi connectivity index (χ0n) is 16.8. The number of hydrogen-bond acceptors (Lipinski definition) is 3. The van der Waals surface area contributed by atoms with Gasteiger partial charge in [-0.3, -0.25) is 4.79 Å². The summed E-state index contributed by atoms with van der Waals surface area (Å²) in [6.45, 7) is 1.96. The quantitative estimate of drug-likeness (QED) is 0.306. The van der Waals surface area contributed by atoms with Crippen LogP contribution in [0.1, 0.15) is 29.3 Å². The van der Waals surface area contributed by atoms with Gasteiger partial charge in [0.1, 0.15) is 5.84 Å². The monoisotopic (exact) mass is 447 g/mol. The van der Waals surface area contributed by atoms with E-state index in [9.17, 15) is 4.79 Å². The van der Waals surface area contributed by atoms with Crippen LogP contribution in [0.5, 0.6) is 0 Å². The Balaban J connectivity index is 1.51. The Hall–Kier alpha value is -3.21. The summed E-state index contributed by atoms with van der Waals surface area (Å²) in [5.74, 6) is 0.708. The Morgan fingerprint density at radius 1 is 1.00 bits per heavy atom. The second-order valence-electron chi connectivity index (χ2n) is 7.10. The van der Waals surface area contributed by atoms with Crippen LogP contribution in [0.3, 0.4) is 0 Å². The first-order valence-corrected chi connectivity index (χ1v) is 10.5. The molecule has 31 heavy (non-hydrogen) atoms. The third-order valence-corrected chi connectivity index (χ3v) is 5.29. The van der Waals surface area contributed by atoms with Crippen molar-refractivity contribution in [2.75, 3.05) is 5.01 Å². The van der Waals surface area contributed by atoms with Crippen molar-refractivity contribution in [3.8, 4) is 0 Å². The molecular weight excluding hydrogens is 429 g/mol. The molecule has 0 saturated carbocycles. The van der Waals surface area contributed by atoms with Crippen LogP contribution in [0.4, 0.5) is 11.4 Å². The molecule has 0 N–H and O–H groups in total. The molecule has 3 aromatic rings. The number of hydrogen-bond donors (Lipinski definition) is 0. The van der Waals surface area contributed by atoms with Crippen LogP contribution >= 0.6 is 23.2 Å². The maximum absolute atomic E-state index is 12.5. The van der Waals surface area contributed by atoms with Gasteiger partial charge in [-0.25, -0.2) is 10.0 Å². The number of aliphatic imine (C=N–C) groups is 1. The summed E-state index contributed by atoms with van der Waals surface area (Å²) in [4.78, 5) is 17.2. The van der Waals surface area contributed by atoms with Crippen LogP contribution in [0.2, 0.25) is 10.0 Å². The fourth-order valence-corrected chi connectivity index (χ4v) is 3.50. The summed E-state index contributed by atoms with van der Waals surface area (Å²) in [5, 5.41) is 7.61. The van der Waals surface area contributed by atoms with Crippen molar-refractivity contribution >= 4 is 58.0 Å². The SMILES string of the molecule is CC1=NN(c2ccccc2Cl)C(=Nc2ccc(C(=O)/C=C/c3ccc(Cl)cc3)cc2)C1. The summed E-state index contributed by atoms with van der Waals surface area (Å²) < 4.78 is 0. The predicted molar refractivity (Wildman–Crippen MR) is 130 cm³/mol. The summed E-state index contributed by atoms with van der Waals surface area (Å²) in [6.07, 6.45) is 3.96. The van der Waals surface area contributed by atoms with Crippen molar-refractivity contribution in [2.24, 2.45) is 10.1 Å². The number of para-hydroxylation sites is 1. The Morgan fingerprint density at radius 3 is 2.42 bits per heavy atom. The predicted octanol–water partition coefficient (Wildman–Crippen LogP) is 7.21. The van der Waals surface area contributed by atoms with Crippen molar-refractivity contribution in [1.29, 1.82) is 0 Å². The highest BCUT2D eigenvalue weighted by atomic mass is 35.5. The molecule has 1 heterocycles. The molecule has 4 rings (SSSR count). The Morgan fingerprint density at radius 2 is 1.71 bits per heavy atom. The van der Waals surface area contributed by atoms with Gasteiger partial charge in [-0.2, -0.15) is 5.10 Å². The summed E-state index contributed by atoms with van der Waals surface area (Å²) >= 11 is 12.2. The molecule has 1 aliphatic rings. The topological polar surface area (TPSA) is 45.0 Å². The lowest BCUT2D eigenvalue weighted by atomic mass is 10.1. The number of halogens is 2. The number of rotatable bonds is 5. The summed E-state index contributed by atoms with van der Waals surface area (Å²) in [6, 6.07) is 22.1. The zero-order valence-corrected chi connectivity index (χ0v) is 18.3. The van der Waals surface area contributed by atoms with E-state index in [1.807, 2.05) is 55.5 Å². The standard InChI is InChI=1S/C25H19Cl2N3O/c1-17-16-25(30(29-17)23-5-3-2-4-22(23)27)28-21-13-9-19(10-14-21)24(31)15-8-18-6-11-20(26)12-7-18/h2-15H,16H2,1H3/b15-8+,28-25?. The van der Waals surface area contributed by atoms with Crippen molar-refractivity contribution in [3.63, 3.8) is 0 Å². The first-order chi connectivity index (χ1) is 15.0. The maximum atomic E-state index is 12.5. The van der Waals surface area contributed by atoms with Gasteiger partial charge < -0.3 is 0 Å². The third kappa shape index (κ3) is 5.10. The first kappa shape index (κ1) is 21.0. The van der Waals surface area contributed by atoms with E-state index in [2.05, 4.69) is 5.10 Å². The van der Waals surface area contributed by atoms with Crippen LogP contribution < -0.4 is 5.01 Å². The Kier molecular flexibility index (Phi) is 6.31. The maximum Gasteiger partial charge on any atom is 0.185 e. The number of allylic oxidation sites excluding steroid dienone is 1. The lowest BCUT2D eigenvalue weighted by Crippen LogP contribution is -2.20. The van der Waals surface area contributed by atoms with Gasteiger partial charge in [0.2, 0.25) is 0 Å². The fraction of sp³-hybridized carbons (Fsp3) is 0.0800. The molecule has 0 aliphatic carbocycles. The molecule has 0 bridgehead atoms. The molecule has 0 fully saturated rings. The molecule has 0 unspecified atom stereocenters. The molecule has 0 aromatic heterocycles. The van der Waals surface area contributed by atoms with E-state index in [4.69, 9.17) is 28.2 Å². The summed E-state index contributed by atoms with van der Waals surface area (Å²) in [5.41, 5.74) is 4.00. The van der Waals surface area contributed by atoms with Crippen LogP contribution in [0, 0.1) is 0 Å². The molecule has 0 atom stereocenters. The average Bonchev–Trinajstić information content (AvgIpc) is 3.13. The van der Waals surface area contributed by atoms with Crippen LogP contribution in [-0.4, -0.2) is 17.3 Å². The van der Waals surface area contributed by atoms with Crippen LogP contribution in [0.15, 0.2) is 89.0 Å². The fourth-order valence-electron chi connectivity index (χ4n) is 3.16. The molecule has 0 radical (unpaired) electrons. The van der Waals surface area contributed by atoms with Gasteiger partial charge in [-0.1, -0.05) is 53.5 Å². The minimum atomic E-state index is -0.0770. The van der Waals surface area contributed by atoms with Crippen molar-refractivity contribution in [3.05, 3.63) is 100 Å². The minimum Gasteiger partial charge on any atom is -0.289 e. The van der Waals surface area contributed by atoms with Gasteiger partial charge >= 0.3 is 0 Å². The Bertz CT molecular complexity index is 1200. The zero-order chi connectivity index (χ0) is 21.8. The lowest BCUT2D eigenvalue weighted by molar-refractivity contribution is 0.104. The molecule has 154 valence electrons. The van der Waals surface area contributed by atoms with Crippen LogP contribution in [0.25, 0.3) is 6.08 Å². The second kappa shape index (κ2) is 9.29. The number of carbonyl (C=O) groups excluding carboxylic acids is 1. The molecule has 4 nitrogen and oxygen atoms in total. The normalized spacial score (nSPS) is 15.0. The number of anilines is 1. The minimum absolute atomic E-state index is 0.0770.